The number of ether oxygens (including phenoxy) is 3. The average molecular weight is 436 g/mol. The molecule has 0 aliphatic carbocycles. The van der Waals surface area contributed by atoms with Crippen molar-refractivity contribution in [3.05, 3.63) is 103 Å². The summed E-state index contributed by atoms with van der Waals surface area (Å²) >= 11 is 0. The Morgan fingerprint density at radius 3 is 1.18 bits per heavy atom. The molecule has 0 radical (unpaired) electrons. The van der Waals surface area contributed by atoms with Crippen LogP contribution in [0.3, 0.4) is 0 Å². The van der Waals surface area contributed by atoms with Crippen LogP contribution in [-0.2, 0) is 0 Å². The standard InChI is InChI=1S/C30H17BO3/c1-3-8-18(9-4-1)20-14-24-29-26(16-20)34-27-17-21(19-10-5-2-6-11-19)15-25-30(27)31(29)28-22(32-24)12-7-13-23(28)33-25/h1-17H. The zero-order valence-corrected chi connectivity index (χ0v) is 18.1. The summed E-state index contributed by atoms with van der Waals surface area (Å²) in [7, 11) is 0. The average Bonchev–Trinajstić information content (AvgIpc) is 2.89. The zero-order valence-electron chi connectivity index (χ0n) is 18.1. The van der Waals surface area contributed by atoms with Gasteiger partial charge in [-0.25, -0.2) is 0 Å². The second kappa shape index (κ2) is 6.55. The van der Waals surface area contributed by atoms with Crippen molar-refractivity contribution < 1.29 is 14.2 Å². The Bertz CT molecular complexity index is 1510. The summed E-state index contributed by atoms with van der Waals surface area (Å²) in [4.78, 5) is 0. The van der Waals surface area contributed by atoms with Crippen LogP contribution < -0.4 is 30.6 Å². The van der Waals surface area contributed by atoms with E-state index < -0.39 is 0 Å². The molecule has 0 bridgehead atoms. The molecule has 0 atom stereocenters. The van der Waals surface area contributed by atoms with Crippen LogP contribution in [0.25, 0.3) is 22.3 Å². The van der Waals surface area contributed by atoms with Crippen LogP contribution >= 0.6 is 0 Å². The van der Waals surface area contributed by atoms with E-state index >= 15 is 0 Å². The molecular weight excluding hydrogens is 419 g/mol. The first-order chi connectivity index (χ1) is 16.8. The lowest BCUT2D eigenvalue weighted by Crippen LogP contribution is -2.59. The Balaban J connectivity index is 1.41. The van der Waals surface area contributed by atoms with Crippen LogP contribution in [0.5, 0.6) is 34.5 Å². The summed E-state index contributed by atoms with van der Waals surface area (Å²) in [5.74, 6) is 5.06. The molecule has 0 aromatic heterocycles. The molecule has 0 saturated heterocycles. The van der Waals surface area contributed by atoms with Gasteiger partial charge in [0.25, 0.3) is 6.71 Å². The van der Waals surface area contributed by atoms with E-state index in [4.69, 9.17) is 14.2 Å². The smallest absolute Gasteiger partial charge is 0.270 e. The third-order valence-corrected chi connectivity index (χ3v) is 6.97. The lowest BCUT2D eigenvalue weighted by Gasteiger charge is -2.37. The normalized spacial score (nSPS) is 13.4. The predicted molar refractivity (Wildman–Crippen MR) is 135 cm³/mol. The van der Waals surface area contributed by atoms with Crippen molar-refractivity contribution in [2.75, 3.05) is 0 Å². The Kier molecular flexibility index (Phi) is 3.48. The molecule has 5 aromatic rings. The molecular formula is C30H17BO3. The third kappa shape index (κ3) is 2.42. The quantitative estimate of drug-likeness (QED) is 0.318. The highest BCUT2D eigenvalue weighted by Gasteiger charge is 2.46. The Morgan fingerprint density at radius 2 is 0.735 bits per heavy atom. The van der Waals surface area contributed by atoms with Gasteiger partial charge in [-0.05, 0) is 58.7 Å². The van der Waals surface area contributed by atoms with Crippen molar-refractivity contribution in [3.8, 4) is 56.8 Å². The van der Waals surface area contributed by atoms with E-state index in [2.05, 4.69) is 72.8 Å². The fourth-order valence-electron chi connectivity index (χ4n) is 5.48. The van der Waals surface area contributed by atoms with Crippen molar-refractivity contribution in [2.24, 2.45) is 0 Å². The maximum atomic E-state index is 6.61. The molecule has 4 heteroatoms. The van der Waals surface area contributed by atoms with Gasteiger partial charge >= 0.3 is 0 Å². The summed E-state index contributed by atoms with van der Waals surface area (Å²) in [5, 5.41) is 0. The molecule has 158 valence electrons. The second-order valence-corrected chi connectivity index (χ2v) is 8.91. The first kappa shape index (κ1) is 18.0. The fourth-order valence-corrected chi connectivity index (χ4v) is 5.48. The van der Waals surface area contributed by atoms with Crippen molar-refractivity contribution in [3.63, 3.8) is 0 Å². The molecule has 3 aliphatic heterocycles. The van der Waals surface area contributed by atoms with Gasteiger partial charge < -0.3 is 14.2 Å². The van der Waals surface area contributed by atoms with Gasteiger partial charge in [0.1, 0.15) is 34.5 Å². The molecule has 8 rings (SSSR count). The van der Waals surface area contributed by atoms with Crippen LogP contribution in [-0.4, -0.2) is 6.71 Å². The van der Waals surface area contributed by atoms with Gasteiger partial charge in [-0.3, -0.25) is 0 Å². The van der Waals surface area contributed by atoms with Gasteiger partial charge in [0.2, 0.25) is 0 Å². The molecule has 0 amide bonds. The lowest BCUT2D eigenvalue weighted by molar-refractivity contribution is 0.443. The van der Waals surface area contributed by atoms with E-state index in [-0.39, 0.29) is 6.71 Å². The molecule has 0 unspecified atom stereocenters. The van der Waals surface area contributed by atoms with E-state index in [1.54, 1.807) is 0 Å². The Hall–Kier alpha value is -4.44. The third-order valence-electron chi connectivity index (χ3n) is 6.97. The largest absolute Gasteiger partial charge is 0.458 e. The molecule has 0 N–H and O–H groups in total. The molecule has 34 heavy (non-hydrogen) atoms. The maximum Gasteiger partial charge on any atom is 0.270 e. The van der Waals surface area contributed by atoms with E-state index in [1.807, 2.05) is 30.3 Å². The molecule has 3 aliphatic rings. The Labute approximate surface area is 197 Å². The van der Waals surface area contributed by atoms with Gasteiger partial charge in [0.15, 0.2) is 0 Å². The summed E-state index contributed by atoms with van der Waals surface area (Å²) in [6, 6.07) is 35.3. The van der Waals surface area contributed by atoms with Crippen LogP contribution in [0, 0.1) is 0 Å². The minimum absolute atomic E-state index is 0.0205. The summed E-state index contributed by atoms with van der Waals surface area (Å²) < 4.78 is 19.5. The molecule has 3 heterocycles. The summed E-state index contributed by atoms with van der Waals surface area (Å²) in [6.07, 6.45) is 0. The monoisotopic (exact) mass is 436 g/mol. The molecule has 0 spiro atoms. The highest BCUT2D eigenvalue weighted by molar-refractivity contribution is 6.99. The van der Waals surface area contributed by atoms with E-state index in [9.17, 15) is 0 Å². The van der Waals surface area contributed by atoms with Crippen molar-refractivity contribution >= 4 is 23.1 Å². The second-order valence-electron chi connectivity index (χ2n) is 8.91. The summed E-state index contributed by atoms with van der Waals surface area (Å²) in [5.41, 5.74) is 7.63. The highest BCUT2D eigenvalue weighted by Crippen LogP contribution is 2.44. The number of benzene rings is 5. The molecule has 0 saturated carbocycles. The topological polar surface area (TPSA) is 27.7 Å². The number of hydrogen-bond acceptors (Lipinski definition) is 3. The van der Waals surface area contributed by atoms with Crippen LogP contribution in [0.4, 0.5) is 0 Å². The van der Waals surface area contributed by atoms with Gasteiger partial charge in [0, 0.05) is 16.4 Å². The zero-order chi connectivity index (χ0) is 22.2. The SMILES string of the molecule is c1ccc(-c2cc3c4c(c2)Oc2cc(-c5ccccc5)cc5c2B4c2c(cccc2O5)O3)cc1. The predicted octanol–water partition coefficient (Wildman–Crippen LogP) is 5.85. The van der Waals surface area contributed by atoms with Gasteiger partial charge in [0.05, 0.1) is 0 Å². The van der Waals surface area contributed by atoms with Gasteiger partial charge in [-0.2, -0.15) is 0 Å². The Morgan fingerprint density at radius 1 is 0.353 bits per heavy atom. The van der Waals surface area contributed by atoms with E-state index in [1.165, 1.54) is 0 Å². The van der Waals surface area contributed by atoms with Crippen molar-refractivity contribution in [2.45, 2.75) is 0 Å². The van der Waals surface area contributed by atoms with E-state index in [0.717, 1.165) is 73.1 Å². The fraction of sp³-hybridized carbons (Fsp3) is 0. The molecule has 5 aromatic carbocycles. The van der Waals surface area contributed by atoms with Crippen LogP contribution in [0.1, 0.15) is 0 Å². The lowest BCUT2D eigenvalue weighted by atomic mass is 9.34. The first-order valence-corrected chi connectivity index (χ1v) is 11.5. The van der Waals surface area contributed by atoms with Crippen LogP contribution in [0.15, 0.2) is 103 Å². The van der Waals surface area contributed by atoms with Crippen molar-refractivity contribution in [1.29, 1.82) is 0 Å². The maximum absolute atomic E-state index is 6.61. The number of hydrogen-bond donors (Lipinski definition) is 0. The first-order valence-electron chi connectivity index (χ1n) is 11.5. The summed E-state index contributed by atoms with van der Waals surface area (Å²) in [6.45, 7) is 0.0205. The van der Waals surface area contributed by atoms with Crippen LogP contribution in [0.2, 0.25) is 0 Å². The molecule has 0 fully saturated rings. The van der Waals surface area contributed by atoms with Crippen molar-refractivity contribution in [1.82, 2.24) is 0 Å². The highest BCUT2D eigenvalue weighted by atomic mass is 16.5. The minimum atomic E-state index is 0.0205. The molecule has 3 nitrogen and oxygen atoms in total. The minimum Gasteiger partial charge on any atom is -0.458 e. The van der Waals surface area contributed by atoms with Gasteiger partial charge in [-0.15, -0.1) is 0 Å². The van der Waals surface area contributed by atoms with Gasteiger partial charge in [-0.1, -0.05) is 66.7 Å². The number of rotatable bonds is 2. The van der Waals surface area contributed by atoms with E-state index in [0.29, 0.717) is 0 Å².